The summed E-state index contributed by atoms with van der Waals surface area (Å²) in [7, 11) is 4.87. The van der Waals surface area contributed by atoms with Crippen LogP contribution in [0.4, 0.5) is 11.4 Å². The Balaban J connectivity index is 2.13. The lowest BCUT2D eigenvalue weighted by molar-refractivity contribution is 0.354. The topological polar surface area (TPSA) is 65.7 Å². The molecule has 2 aromatic rings. The van der Waals surface area contributed by atoms with Crippen molar-refractivity contribution in [3.8, 4) is 17.2 Å². The molecule has 0 saturated heterocycles. The summed E-state index contributed by atoms with van der Waals surface area (Å²) in [6, 6.07) is 11.3. The van der Waals surface area contributed by atoms with Gasteiger partial charge in [0.05, 0.1) is 32.7 Å². The molecule has 0 heterocycles. The number of hydrogen-bond donors (Lipinski definition) is 2. The van der Waals surface area contributed by atoms with Crippen LogP contribution in [0.25, 0.3) is 0 Å². The number of benzene rings is 2. The van der Waals surface area contributed by atoms with Gasteiger partial charge in [-0.05, 0) is 29.8 Å². The van der Waals surface area contributed by atoms with Crippen LogP contribution < -0.4 is 25.3 Å². The summed E-state index contributed by atoms with van der Waals surface area (Å²) in [6.07, 6.45) is 0. The first-order chi connectivity index (χ1) is 10.2. The minimum absolute atomic E-state index is 0.623. The standard InChI is InChI=1S/C16H20N2O3/c1-19-12-5-6-13(17)14(9-12)18-10-11-4-7-15(20-2)16(8-11)21-3/h4-9,18H,10,17H2,1-3H3. The smallest absolute Gasteiger partial charge is 0.161 e. The third kappa shape index (κ3) is 3.51. The fraction of sp³-hybridized carbons (Fsp3) is 0.250. The van der Waals surface area contributed by atoms with E-state index in [4.69, 9.17) is 19.9 Å². The highest BCUT2D eigenvalue weighted by Crippen LogP contribution is 2.29. The SMILES string of the molecule is COc1ccc(N)c(NCc2ccc(OC)c(OC)c2)c1. The zero-order valence-corrected chi connectivity index (χ0v) is 12.5. The second kappa shape index (κ2) is 6.74. The number of rotatable bonds is 6. The minimum atomic E-state index is 0.623. The summed E-state index contributed by atoms with van der Waals surface area (Å²) >= 11 is 0. The molecule has 0 unspecified atom stereocenters. The first-order valence-corrected chi connectivity index (χ1v) is 6.56. The Kier molecular flexibility index (Phi) is 4.77. The molecule has 0 aromatic heterocycles. The highest BCUT2D eigenvalue weighted by Gasteiger charge is 2.06. The molecule has 0 amide bonds. The van der Waals surface area contributed by atoms with E-state index in [1.54, 1.807) is 21.3 Å². The lowest BCUT2D eigenvalue weighted by Crippen LogP contribution is -2.03. The monoisotopic (exact) mass is 288 g/mol. The van der Waals surface area contributed by atoms with E-state index in [1.807, 2.05) is 36.4 Å². The molecule has 0 radical (unpaired) electrons. The molecule has 0 atom stereocenters. The Morgan fingerprint density at radius 3 is 2.33 bits per heavy atom. The van der Waals surface area contributed by atoms with Gasteiger partial charge in [-0.3, -0.25) is 0 Å². The van der Waals surface area contributed by atoms with Gasteiger partial charge in [-0.15, -0.1) is 0 Å². The average molecular weight is 288 g/mol. The Bertz CT molecular complexity index is 614. The van der Waals surface area contributed by atoms with Crippen molar-refractivity contribution in [2.24, 2.45) is 0 Å². The fourth-order valence-corrected chi connectivity index (χ4v) is 2.00. The first-order valence-electron chi connectivity index (χ1n) is 6.56. The molecule has 0 saturated carbocycles. The number of nitrogens with two attached hydrogens (primary N) is 1. The maximum atomic E-state index is 5.95. The molecule has 5 nitrogen and oxygen atoms in total. The van der Waals surface area contributed by atoms with Crippen molar-refractivity contribution in [1.82, 2.24) is 0 Å². The average Bonchev–Trinajstić information content (AvgIpc) is 2.53. The molecule has 5 heteroatoms. The minimum Gasteiger partial charge on any atom is -0.497 e. The van der Waals surface area contributed by atoms with E-state index >= 15 is 0 Å². The van der Waals surface area contributed by atoms with Crippen LogP contribution in [0.3, 0.4) is 0 Å². The van der Waals surface area contributed by atoms with Gasteiger partial charge in [0.15, 0.2) is 11.5 Å². The predicted molar refractivity (Wildman–Crippen MR) is 84.3 cm³/mol. The molecule has 0 aliphatic carbocycles. The summed E-state index contributed by atoms with van der Waals surface area (Å²) in [5.74, 6) is 2.18. The highest BCUT2D eigenvalue weighted by atomic mass is 16.5. The van der Waals surface area contributed by atoms with E-state index in [1.165, 1.54) is 0 Å². The number of hydrogen-bond acceptors (Lipinski definition) is 5. The molecule has 2 rings (SSSR count). The molecule has 0 bridgehead atoms. The summed E-state index contributed by atoms with van der Waals surface area (Å²) < 4.78 is 15.7. The second-order valence-electron chi connectivity index (χ2n) is 4.50. The van der Waals surface area contributed by atoms with Gasteiger partial charge in [0.1, 0.15) is 5.75 Å². The van der Waals surface area contributed by atoms with E-state index in [0.29, 0.717) is 23.7 Å². The fourth-order valence-electron chi connectivity index (χ4n) is 2.00. The number of nitrogen functional groups attached to an aromatic ring is 1. The van der Waals surface area contributed by atoms with Crippen molar-refractivity contribution >= 4 is 11.4 Å². The van der Waals surface area contributed by atoms with Gasteiger partial charge >= 0.3 is 0 Å². The van der Waals surface area contributed by atoms with Crippen LogP contribution in [0.15, 0.2) is 36.4 Å². The van der Waals surface area contributed by atoms with Crippen molar-refractivity contribution in [1.29, 1.82) is 0 Å². The predicted octanol–water partition coefficient (Wildman–Crippen LogP) is 2.91. The van der Waals surface area contributed by atoms with Crippen LogP contribution in [-0.4, -0.2) is 21.3 Å². The Morgan fingerprint density at radius 1 is 0.905 bits per heavy atom. The van der Waals surface area contributed by atoms with E-state index in [9.17, 15) is 0 Å². The zero-order valence-electron chi connectivity index (χ0n) is 12.5. The van der Waals surface area contributed by atoms with Gasteiger partial charge in [0, 0.05) is 12.6 Å². The normalized spacial score (nSPS) is 10.0. The Labute approximate surface area is 124 Å². The van der Waals surface area contributed by atoms with Crippen LogP contribution in [0.2, 0.25) is 0 Å². The van der Waals surface area contributed by atoms with Crippen LogP contribution in [0.1, 0.15) is 5.56 Å². The third-order valence-electron chi connectivity index (χ3n) is 3.19. The van der Waals surface area contributed by atoms with Gasteiger partial charge in [-0.2, -0.15) is 0 Å². The molecule has 0 fully saturated rings. The van der Waals surface area contributed by atoms with Crippen LogP contribution in [-0.2, 0) is 6.54 Å². The lowest BCUT2D eigenvalue weighted by Gasteiger charge is -2.13. The second-order valence-corrected chi connectivity index (χ2v) is 4.50. The maximum absolute atomic E-state index is 5.95. The first kappa shape index (κ1) is 14.8. The highest BCUT2D eigenvalue weighted by molar-refractivity contribution is 5.68. The summed E-state index contributed by atoms with van der Waals surface area (Å²) in [4.78, 5) is 0. The maximum Gasteiger partial charge on any atom is 0.161 e. The van der Waals surface area contributed by atoms with Crippen molar-refractivity contribution in [2.75, 3.05) is 32.4 Å². The molecule has 112 valence electrons. The molecule has 0 spiro atoms. The van der Waals surface area contributed by atoms with Crippen LogP contribution in [0.5, 0.6) is 17.2 Å². The number of methoxy groups -OCH3 is 3. The van der Waals surface area contributed by atoms with E-state index in [-0.39, 0.29) is 0 Å². The number of ether oxygens (including phenoxy) is 3. The number of anilines is 2. The van der Waals surface area contributed by atoms with Crippen LogP contribution >= 0.6 is 0 Å². The van der Waals surface area contributed by atoms with E-state index < -0.39 is 0 Å². The Hall–Kier alpha value is -2.56. The summed E-state index contributed by atoms with van der Waals surface area (Å²) in [5, 5.41) is 3.29. The van der Waals surface area contributed by atoms with Gasteiger partial charge in [-0.1, -0.05) is 6.07 Å². The number of nitrogens with one attached hydrogen (secondary N) is 1. The third-order valence-corrected chi connectivity index (χ3v) is 3.19. The molecular formula is C16H20N2O3. The van der Waals surface area contributed by atoms with Gasteiger partial charge < -0.3 is 25.3 Å². The largest absolute Gasteiger partial charge is 0.497 e. The summed E-state index contributed by atoms with van der Waals surface area (Å²) in [6.45, 7) is 0.623. The van der Waals surface area contributed by atoms with Crippen molar-refractivity contribution < 1.29 is 14.2 Å². The van der Waals surface area contributed by atoms with E-state index in [0.717, 1.165) is 17.0 Å². The molecule has 0 aliphatic heterocycles. The van der Waals surface area contributed by atoms with Gasteiger partial charge in [-0.25, -0.2) is 0 Å². The zero-order chi connectivity index (χ0) is 15.2. The molecule has 0 aliphatic rings. The van der Waals surface area contributed by atoms with Crippen LogP contribution in [0, 0.1) is 0 Å². The quantitative estimate of drug-likeness (QED) is 0.800. The van der Waals surface area contributed by atoms with Gasteiger partial charge in [0.25, 0.3) is 0 Å². The Morgan fingerprint density at radius 2 is 1.67 bits per heavy atom. The molecule has 21 heavy (non-hydrogen) atoms. The van der Waals surface area contributed by atoms with Crippen molar-refractivity contribution in [3.63, 3.8) is 0 Å². The molecule has 2 aromatic carbocycles. The van der Waals surface area contributed by atoms with Crippen molar-refractivity contribution in [3.05, 3.63) is 42.0 Å². The van der Waals surface area contributed by atoms with Gasteiger partial charge in [0.2, 0.25) is 0 Å². The van der Waals surface area contributed by atoms with Crippen molar-refractivity contribution in [2.45, 2.75) is 6.54 Å². The molecular weight excluding hydrogens is 268 g/mol. The lowest BCUT2D eigenvalue weighted by atomic mass is 10.2. The molecule has 3 N–H and O–H groups in total. The summed E-state index contributed by atoms with van der Waals surface area (Å²) in [5.41, 5.74) is 8.53. The van der Waals surface area contributed by atoms with E-state index in [2.05, 4.69) is 5.32 Å².